The number of benzene rings is 1. The Morgan fingerprint density at radius 3 is 2.81 bits per heavy atom. The predicted molar refractivity (Wildman–Crippen MR) is 64.6 cm³/mol. The topological polar surface area (TPSA) is 27.0 Å². The lowest BCUT2D eigenvalue weighted by molar-refractivity contribution is 0.210. The third-order valence-electron chi connectivity index (χ3n) is 3.07. The molecule has 16 heavy (non-hydrogen) atoms. The van der Waals surface area contributed by atoms with E-state index >= 15 is 0 Å². The van der Waals surface area contributed by atoms with Gasteiger partial charge in [-0.3, -0.25) is 4.90 Å². The molecule has 0 aliphatic carbocycles. The standard InChI is InChI=1S/C14H16N2/c1-12-7-8-14(9-15)11-16(12)10-13-5-3-2-4-6-13/h2-6,8,12H,7,10-11H2,1H3. The van der Waals surface area contributed by atoms with E-state index in [1.165, 1.54) is 5.56 Å². The van der Waals surface area contributed by atoms with E-state index < -0.39 is 0 Å². The zero-order valence-electron chi connectivity index (χ0n) is 9.56. The average molecular weight is 212 g/mol. The van der Waals surface area contributed by atoms with Crippen LogP contribution in [0.3, 0.4) is 0 Å². The van der Waals surface area contributed by atoms with E-state index in [0.717, 1.165) is 25.1 Å². The minimum Gasteiger partial charge on any atom is -0.291 e. The van der Waals surface area contributed by atoms with Crippen LogP contribution in [0.4, 0.5) is 0 Å². The highest BCUT2D eigenvalue weighted by atomic mass is 15.2. The lowest BCUT2D eigenvalue weighted by Gasteiger charge is -2.31. The molecule has 1 aromatic carbocycles. The van der Waals surface area contributed by atoms with Crippen LogP contribution in [0.25, 0.3) is 0 Å². The average Bonchev–Trinajstić information content (AvgIpc) is 2.33. The molecule has 2 nitrogen and oxygen atoms in total. The van der Waals surface area contributed by atoms with Gasteiger partial charge in [-0.2, -0.15) is 5.26 Å². The molecule has 1 atom stereocenters. The molecular formula is C14H16N2. The van der Waals surface area contributed by atoms with Crippen molar-refractivity contribution in [2.75, 3.05) is 6.54 Å². The van der Waals surface area contributed by atoms with E-state index in [1.807, 2.05) is 6.07 Å². The van der Waals surface area contributed by atoms with Crippen molar-refractivity contribution in [3.8, 4) is 6.07 Å². The number of rotatable bonds is 2. The first-order valence-corrected chi connectivity index (χ1v) is 5.66. The Kier molecular flexibility index (Phi) is 3.38. The Morgan fingerprint density at radius 2 is 2.12 bits per heavy atom. The van der Waals surface area contributed by atoms with Crippen LogP contribution in [0.5, 0.6) is 0 Å². The fraction of sp³-hybridized carbons (Fsp3) is 0.357. The molecule has 2 rings (SSSR count). The molecule has 0 saturated carbocycles. The smallest absolute Gasteiger partial charge is 0.0957 e. The van der Waals surface area contributed by atoms with Crippen LogP contribution in [-0.4, -0.2) is 17.5 Å². The van der Waals surface area contributed by atoms with Gasteiger partial charge in [0.1, 0.15) is 0 Å². The Bertz CT molecular complexity index is 414. The van der Waals surface area contributed by atoms with E-state index in [1.54, 1.807) is 0 Å². The van der Waals surface area contributed by atoms with Gasteiger partial charge < -0.3 is 0 Å². The van der Waals surface area contributed by atoms with Crippen molar-refractivity contribution in [3.05, 3.63) is 47.5 Å². The van der Waals surface area contributed by atoms with Crippen LogP contribution in [0, 0.1) is 11.3 Å². The Hall–Kier alpha value is -1.59. The summed E-state index contributed by atoms with van der Waals surface area (Å²) in [7, 11) is 0. The molecule has 1 aliphatic rings. The van der Waals surface area contributed by atoms with Crippen LogP contribution in [0.1, 0.15) is 18.9 Å². The first kappa shape index (κ1) is 10.9. The van der Waals surface area contributed by atoms with Crippen molar-refractivity contribution in [3.63, 3.8) is 0 Å². The molecule has 0 saturated heterocycles. The van der Waals surface area contributed by atoms with Crippen molar-refractivity contribution < 1.29 is 0 Å². The largest absolute Gasteiger partial charge is 0.291 e. The number of nitriles is 1. The maximum absolute atomic E-state index is 8.92. The van der Waals surface area contributed by atoms with Crippen LogP contribution in [0.15, 0.2) is 42.0 Å². The molecule has 0 radical (unpaired) electrons. The second-order valence-electron chi connectivity index (χ2n) is 4.32. The maximum atomic E-state index is 8.92. The molecular weight excluding hydrogens is 196 g/mol. The number of hydrogen-bond acceptors (Lipinski definition) is 2. The summed E-state index contributed by atoms with van der Waals surface area (Å²) in [6, 6.07) is 13.2. The van der Waals surface area contributed by atoms with Gasteiger partial charge in [0, 0.05) is 24.7 Å². The molecule has 1 aromatic rings. The van der Waals surface area contributed by atoms with Crippen molar-refractivity contribution >= 4 is 0 Å². The summed E-state index contributed by atoms with van der Waals surface area (Å²) in [5, 5.41) is 8.92. The monoisotopic (exact) mass is 212 g/mol. The summed E-state index contributed by atoms with van der Waals surface area (Å²) >= 11 is 0. The van der Waals surface area contributed by atoms with Crippen LogP contribution < -0.4 is 0 Å². The van der Waals surface area contributed by atoms with Crippen molar-refractivity contribution in [1.29, 1.82) is 5.26 Å². The van der Waals surface area contributed by atoms with Crippen LogP contribution in [-0.2, 0) is 6.54 Å². The molecule has 0 spiro atoms. The van der Waals surface area contributed by atoms with Gasteiger partial charge in [-0.15, -0.1) is 0 Å². The molecule has 0 bridgehead atoms. The summed E-state index contributed by atoms with van der Waals surface area (Å²) < 4.78 is 0. The third kappa shape index (κ3) is 2.50. The lowest BCUT2D eigenvalue weighted by Crippen LogP contribution is -2.36. The molecule has 1 heterocycles. The van der Waals surface area contributed by atoms with Crippen molar-refractivity contribution in [2.45, 2.75) is 25.9 Å². The molecule has 1 unspecified atom stereocenters. The predicted octanol–water partition coefficient (Wildman–Crippen LogP) is 2.73. The Balaban J connectivity index is 2.06. The van der Waals surface area contributed by atoms with Gasteiger partial charge in [-0.1, -0.05) is 36.4 Å². The highest BCUT2D eigenvalue weighted by molar-refractivity contribution is 5.25. The van der Waals surface area contributed by atoms with Gasteiger partial charge in [0.05, 0.1) is 6.07 Å². The molecule has 0 amide bonds. The van der Waals surface area contributed by atoms with Gasteiger partial charge in [0.2, 0.25) is 0 Å². The fourth-order valence-electron chi connectivity index (χ4n) is 2.01. The first-order chi connectivity index (χ1) is 7.79. The molecule has 1 aliphatic heterocycles. The first-order valence-electron chi connectivity index (χ1n) is 5.66. The molecule has 82 valence electrons. The van der Waals surface area contributed by atoms with Gasteiger partial charge in [0.25, 0.3) is 0 Å². The molecule has 2 heteroatoms. The lowest BCUT2D eigenvalue weighted by atomic mass is 10.0. The number of nitrogens with zero attached hydrogens (tertiary/aromatic N) is 2. The van der Waals surface area contributed by atoms with Crippen molar-refractivity contribution in [1.82, 2.24) is 4.90 Å². The van der Waals surface area contributed by atoms with E-state index in [2.05, 4.69) is 48.2 Å². The van der Waals surface area contributed by atoms with Gasteiger partial charge >= 0.3 is 0 Å². The molecule has 0 aromatic heterocycles. The molecule has 0 fully saturated rings. The zero-order valence-corrected chi connectivity index (χ0v) is 9.56. The quantitative estimate of drug-likeness (QED) is 0.753. The van der Waals surface area contributed by atoms with Crippen LogP contribution in [0.2, 0.25) is 0 Å². The van der Waals surface area contributed by atoms with E-state index in [9.17, 15) is 0 Å². The van der Waals surface area contributed by atoms with E-state index in [-0.39, 0.29) is 0 Å². The minimum absolute atomic E-state index is 0.525. The summed E-state index contributed by atoms with van der Waals surface area (Å²) in [6.07, 6.45) is 3.04. The van der Waals surface area contributed by atoms with Gasteiger partial charge in [-0.05, 0) is 18.9 Å². The van der Waals surface area contributed by atoms with Gasteiger partial charge in [0.15, 0.2) is 0 Å². The van der Waals surface area contributed by atoms with Crippen LogP contribution >= 0.6 is 0 Å². The SMILES string of the molecule is CC1CC=C(C#N)CN1Cc1ccccc1. The highest BCUT2D eigenvalue weighted by Crippen LogP contribution is 2.18. The van der Waals surface area contributed by atoms with Gasteiger partial charge in [-0.25, -0.2) is 0 Å². The van der Waals surface area contributed by atoms with E-state index in [0.29, 0.717) is 6.04 Å². The number of hydrogen-bond donors (Lipinski definition) is 0. The molecule has 0 N–H and O–H groups in total. The second kappa shape index (κ2) is 4.96. The minimum atomic E-state index is 0.525. The summed E-state index contributed by atoms with van der Waals surface area (Å²) in [4.78, 5) is 2.36. The highest BCUT2D eigenvalue weighted by Gasteiger charge is 2.19. The Morgan fingerprint density at radius 1 is 1.38 bits per heavy atom. The van der Waals surface area contributed by atoms with E-state index in [4.69, 9.17) is 5.26 Å². The normalized spacial score (nSPS) is 21.2. The Labute approximate surface area is 96.8 Å². The summed E-state index contributed by atoms with van der Waals surface area (Å²) in [5.41, 5.74) is 2.21. The zero-order chi connectivity index (χ0) is 11.4. The third-order valence-corrected chi connectivity index (χ3v) is 3.07. The summed E-state index contributed by atoms with van der Waals surface area (Å²) in [6.45, 7) is 3.93. The summed E-state index contributed by atoms with van der Waals surface area (Å²) in [5.74, 6) is 0. The fourth-order valence-corrected chi connectivity index (χ4v) is 2.01. The van der Waals surface area contributed by atoms with Crippen molar-refractivity contribution in [2.24, 2.45) is 0 Å². The maximum Gasteiger partial charge on any atom is 0.0957 e. The second-order valence-corrected chi connectivity index (χ2v) is 4.32.